The normalized spacial score (nSPS) is 15.8. The Morgan fingerprint density at radius 3 is 2.90 bits per heavy atom. The van der Waals surface area contributed by atoms with Crippen molar-refractivity contribution in [2.45, 2.75) is 6.42 Å². The molecule has 0 aromatic carbocycles. The van der Waals surface area contributed by atoms with Gasteiger partial charge in [-0.25, -0.2) is 4.68 Å². The van der Waals surface area contributed by atoms with Crippen molar-refractivity contribution in [2.75, 3.05) is 30.3 Å². The molecule has 3 rings (SSSR count). The van der Waals surface area contributed by atoms with Crippen LogP contribution in [0.3, 0.4) is 0 Å². The van der Waals surface area contributed by atoms with Crippen molar-refractivity contribution in [3.8, 4) is 5.95 Å². The number of hydrogen-bond acceptors (Lipinski definition) is 7. The van der Waals surface area contributed by atoms with Crippen LogP contribution in [0.25, 0.3) is 5.95 Å². The number of carbonyl (C=O) groups is 1. The molecule has 0 spiro atoms. The van der Waals surface area contributed by atoms with Crippen molar-refractivity contribution in [1.82, 2.24) is 30.0 Å². The molecule has 0 unspecified atom stereocenters. The Kier molecular flexibility index (Phi) is 3.15. The molecular weight excluding hydrogens is 260 g/mol. The third-order valence-electron chi connectivity index (χ3n) is 2.88. The van der Waals surface area contributed by atoms with E-state index in [0.29, 0.717) is 25.0 Å². The van der Waals surface area contributed by atoms with Crippen LogP contribution < -0.4 is 16.0 Å². The van der Waals surface area contributed by atoms with Gasteiger partial charge in [-0.05, 0) is 12.5 Å². The lowest BCUT2D eigenvalue weighted by Gasteiger charge is -2.19. The molecule has 0 aliphatic carbocycles. The fourth-order valence-corrected chi connectivity index (χ4v) is 1.98. The highest BCUT2D eigenvalue weighted by Gasteiger charge is 2.19. The summed E-state index contributed by atoms with van der Waals surface area (Å²) in [6.45, 7) is 1.55. The van der Waals surface area contributed by atoms with Crippen molar-refractivity contribution >= 4 is 17.8 Å². The summed E-state index contributed by atoms with van der Waals surface area (Å²) >= 11 is 0. The third-order valence-corrected chi connectivity index (χ3v) is 2.88. The van der Waals surface area contributed by atoms with Crippen LogP contribution in [0.1, 0.15) is 6.42 Å². The van der Waals surface area contributed by atoms with Crippen LogP contribution in [0.4, 0.5) is 11.9 Å². The van der Waals surface area contributed by atoms with Gasteiger partial charge in [0, 0.05) is 25.5 Å². The van der Waals surface area contributed by atoms with Gasteiger partial charge in [-0.2, -0.15) is 20.1 Å². The number of nitrogens with zero attached hydrogens (tertiary/aromatic N) is 6. The molecule has 2 aromatic heterocycles. The lowest BCUT2D eigenvalue weighted by molar-refractivity contribution is -0.119. The fourth-order valence-electron chi connectivity index (χ4n) is 1.98. The predicted octanol–water partition coefficient (Wildman–Crippen LogP) is -1.03. The molecular formula is C11H14N8O. The van der Waals surface area contributed by atoms with Crippen LogP contribution in [0.5, 0.6) is 0 Å². The molecule has 1 amide bonds. The second-order valence-electron chi connectivity index (χ2n) is 4.37. The van der Waals surface area contributed by atoms with Crippen molar-refractivity contribution < 1.29 is 4.79 Å². The van der Waals surface area contributed by atoms with E-state index in [4.69, 9.17) is 5.73 Å². The Hall–Kier alpha value is -2.71. The first-order valence-electron chi connectivity index (χ1n) is 6.25. The SMILES string of the molecule is Nc1nc(N2CCCNC(=O)C2)nc(-n2cccn2)n1. The molecule has 20 heavy (non-hydrogen) atoms. The zero-order valence-electron chi connectivity index (χ0n) is 10.7. The van der Waals surface area contributed by atoms with Gasteiger partial charge < -0.3 is 16.0 Å². The van der Waals surface area contributed by atoms with E-state index in [2.05, 4.69) is 25.4 Å². The van der Waals surface area contributed by atoms with Gasteiger partial charge in [-0.15, -0.1) is 0 Å². The summed E-state index contributed by atoms with van der Waals surface area (Å²) in [5.41, 5.74) is 5.72. The van der Waals surface area contributed by atoms with Crippen LogP contribution in [-0.2, 0) is 4.79 Å². The van der Waals surface area contributed by atoms with Gasteiger partial charge in [0.1, 0.15) is 0 Å². The molecule has 0 atom stereocenters. The maximum atomic E-state index is 11.6. The Bertz CT molecular complexity index is 611. The molecule has 1 aliphatic rings. The molecule has 104 valence electrons. The fraction of sp³-hybridized carbons (Fsp3) is 0.364. The molecule has 3 heterocycles. The summed E-state index contributed by atoms with van der Waals surface area (Å²) < 4.78 is 1.50. The van der Waals surface area contributed by atoms with Gasteiger partial charge in [0.25, 0.3) is 5.95 Å². The van der Waals surface area contributed by atoms with Gasteiger partial charge in [-0.1, -0.05) is 0 Å². The molecule has 0 radical (unpaired) electrons. The number of nitrogens with two attached hydrogens (primary N) is 1. The summed E-state index contributed by atoms with van der Waals surface area (Å²) in [6, 6.07) is 1.76. The smallest absolute Gasteiger partial charge is 0.257 e. The van der Waals surface area contributed by atoms with E-state index in [-0.39, 0.29) is 18.4 Å². The molecule has 0 bridgehead atoms. The first-order valence-corrected chi connectivity index (χ1v) is 6.25. The largest absolute Gasteiger partial charge is 0.368 e. The van der Waals surface area contributed by atoms with Crippen molar-refractivity contribution in [1.29, 1.82) is 0 Å². The minimum Gasteiger partial charge on any atom is -0.368 e. The Morgan fingerprint density at radius 2 is 2.10 bits per heavy atom. The second kappa shape index (κ2) is 5.11. The summed E-state index contributed by atoms with van der Waals surface area (Å²) in [5, 5.41) is 6.86. The highest BCUT2D eigenvalue weighted by atomic mass is 16.2. The minimum atomic E-state index is -0.0536. The molecule has 0 saturated carbocycles. The number of nitrogens with one attached hydrogen (secondary N) is 1. The van der Waals surface area contributed by atoms with Crippen LogP contribution in [0, 0.1) is 0 Å². The number of amides is 1. The number of nitrogen functional groups attached to an aromatic ring is 1. The third kappa shape index (κ3) is 2.51. The lowest BCUT2D eigenvalue weighted by atomic mass is 10.4. The maximum absolute atomic E-state index is 11.6. The molecule has 1 aliphatic heterocycles. The van der Waals surface area contributed by atoms with E-state index in [9.17, 15) is 4.79 Å². The van der Waals surface area contributed by atoms with E-state index in [0.717, 1.165) is 6.42 Å². The predicted molar refractivity (Wildman–Crippen MR) is 71.2 cm³/mol. The standard InChI is InChI=1S/C11H14N8O/c12-9-15-10(18-5-1-3-13-8(20)7-18)17-11(16-9)19-6-2-4-14-19/h2,4,6H,1,3,5,7H2,(H,13,20)(H2,12,15,16,17). The highest BCUT2D eigenvalue weighted by molar-refractivity contribution is 5.81. The first kappa shape index (κ1) is 12.3. The van der Waals surface area contributed by atoms with E-state index >= 15 is 0 Å². The zero-order chi connectivity index (χ0) is 13.9. The summed E-state index contributed by atoms with van der Waals surface area (Å²) in [4.78, 5) is 25.8. The van der Waals surface area contributed by atoms with Crippen LogP contribution in [-0.4, -0.2) is 50.3 Å². The molecule has 3 N–H and O–H groups in total. The van der Waals surface area contributed by atoms with E-state index in [1.165, 1.54) is 4.68 Å². The Morgan fingerprint density at radius 1 is 1.25 bits per heavy atom. The molecule has 1 saturated heterocycles. The van der Waals surface area contributed by atoms with Crippen LogP contribution >= 0.6 is 0 Å². The topological polar surface area (TPSA) is 115 Å². The average Bonchev–Trinajstić information content (AvgIpc) is 2.87. The van der Waals surface area contributed by atoms with Crippen molar-refractivity contribution in [3.63, 3.8) is 0 Å². The average molecular weight is 274 g/mol. The quantitative estimate of drug-likeness (QED) is 0.719. The monoisotopic (exact) mass is 274 g/mol. The van der Waals surface area contributed by atoms with E-state index in [1.54, 1.807) is 23.4 Å². The van der Waals surface area contributed by atoms with Gasteiger partial charge in [0.15, 0.2) is 0 Å². The molecule has 9 nitrogen and oxygen atoms in total. The van der Waals surface area contributed by atoms with Crippen LogP contribution in [0.15, 0.2) is 18.5 Å². The van der Waals surface area contributed by atoms with Gasteiger partial charge in [0.05, 0.1) is 6.54 Å². The Labute approximate surface area is 114 Å². The first-order chi connectivity index (χ1) is 9.72. The van der Waals surface area contributed by atoms with Crippen molar-refractivity contribution in [2.24, 2.45) is 0 Å². The Balaban J connectivity index is 1.94. The summed E-state index contributed by atoms with van der Waals surface area (Å²) in [5.74, 6) is 0.773. The number of anilines is 2. The number of carbonyl (C=O) groups excluding carboxylic acids is 1. The van der Waals surface area contributed by atoms with E-state index < -0.39 is 0 Å². The van der Waals surface area contributed by atoms with Gasteiger partial charge in [0.2, 0.25) is 17.8 Å². The van der Waals surface area contributed by atoms with Crippen molar-refractivity contribution in [3.05, 3.63) is 18.5 Å². The number of aromatic nitrogens is 5. The van der Waals surface area contributed by atoms with E-state index in [1.807, 2.05) is 0 Å². The highest BCUT2D eigenvalue weighted by Crippen LogP contribution is 2.12. The minimum absolute atomic E-state index is 0.0536. The summed E-state index contributed by atoms with van der Waals surface area (Å²) in [6.07, 6.45) is 4.17. The second-order valence-corrected chi connectivity index (χ2v) is 4.37. The zero-order valence-corrected chi connectivity index (χ0v) is 10.7. The molecule has 1 fully saturated rings. The maximum Gasteiger partial charge on any atom is 0.257 e. The van der Waals surface area contributed by atoms with Crippen LogP contribution in [0.2, 0.25) is 0 Å². The number of hydrogen-bond donors (Lipinski definition) is 2. The van der Waals surface area contributed by atoms with Gasteiger partial charge >= 0.3 is 0 Å². The molecule has 9 heteroatoms. The number of rotatable bonds is 2. The lowest BCUT2D eigenvalue weighted by Crippen LogP contribution is -2.34. The molecule has 2 aromatic rings. The van der Waals surface area contributed by atoms with Gasteiger partial charge in [-0.3, -0.25) is 4.79 Å². The summed E-state index contributed by atoms with van der Waals surface area (Å²) in [7, 11) is 0.